The summed E-state index contributed by atoms with van der Waals surface area (Å²) in [4.78, 5) is 23.8. The molecule has 0 aromatic heterocycles. The molecule has 0 saturated carbocycles. The molecule has 0 aliphatic rings. The number of aliphatic hydroxyl groups excluding tert-OH is 1. The second-order valence-electron chi connectivity index (χ2n) is 5.13. The van der Waals surface area contributed by atoms with E-state index in [2.05, 4.69) is 5.32 Å². The van der Waals surface area contributed by atoms with E-state index in [1.54, 1.807) is 36.4 Å². The van der Waals surface area contributed by atoms with Crippen molar-refractivity contribution in [2.24, 2.45) is 0 Å². The molecule has 0 bridgehead atoms. The summed E-state index contributed by atoms with van der Waals surface area (Å²) in [6, 6.07) is 13.8. The van der Waals surface area contributed by atoms with Gasteiger partial charge in [-0.25, -0.2) is 0 Å². The number of anilines is 1. The lowest BCUT2D eigenvalue weighted by atomic mass is 10.1. The molecule has 2 aromatic rings. The summed E-state index contributed by atoms with van der Waals surface area (Å²) in [5.41, 5.74) is 2.05. The van der Waals surface area contributed by atoms with Crippen LogP contribution >= 0.6 is 0 Å². The SMILES string of the molecule is CCc1ccc(NC(=O)C(=O)/C=C(/O)c2cccc(OC)c2)cc1. The van der Waals surface area contributed by atoms with Gasteiger partial charge in [0.05, 0.1) is 7.11 Å². The molecule has 0 fully saturated rings. The summed E-state index contributed by atoms with van der Waals surface area (Å²) in [7, 11) is 1.50. The molecule has 0 unspecified atom stereocenters. The van der Waals surface area contributed by atoms with Crippen LogP contribution in [0.1, 0.15) is 18.1 Å². The second kappa shape index (κ2) is 7.97. The standard InChI is InChI=1S/C19H19NO4/c1-3-13-7-9-15(10-8-13)20-19(23)18(22)12-17(21)14-5-4-6-16(11-14)24-2/h4-12,21H,3H2,1-2H3,(H,20,23)/b17-12+. The normalized spacial score (nSPS) is 11.0. The number of hydrogen-bond donors (Lipinski definition) is 2. The molecule has 0 atom stereocenters. The molecule has 0 aliphatic heterocycles. The van der Waals surface area contributed by atoms with Gasteiger partial charge in [0.2, 0.25) is 5.78 Å². The fraction of sp³-hybridized carbons (Fsp3) is 0.158. The Bertz CT molecular complexity index is 763. The van der Waals surface area contributed by atoms with Crippen LogP contribution in [0.2, 0.25) is 0 Å². The minimum atomic E-state index is -0.838. The first kappa shape index (κ1) is 17.3. The van der Waals surface area contributed by atoms with E-state index in [1.807, 2.05) is 19.1 Å². The van der Waals surface area contributed by atoms with Crippen LogP contribution < -0.4 is 10.1 Å². The van der Waals surface area contributed by atoms with Crippen molar-refractivity contribution in [3.05, 3.63) is 65.7 Å². The molecule has 0 saturated heterocycles. The Morgan fingerprint density at radius 3 is 2.50 bits per heavy atom. The highest BCUT2D eigenvalue weighted by Gasteiger charge is 2.13. The van der Waals surface area contributed by atoms with Gasteiger partial charge in [0, 0.05) is 17.3 Å². The average Bonchev–Trinajstić information content (AvgIpc) is 2.62. The number of ether oxygens (including phenoxy) is 1. The number of aliphatic hydroxyl groups is 1. The number of hydrogen-bond acceptors (Lipinski definition) is 4. The van der Waals surface area contributed by atoms with Gasteiger partial charge in [0.25, 0.3) is 5.91 Å². The monoisotopic (exact) mass is 325 g/mol. The molecule has 2 N–H and O–H groups in total. The minimum Gasteiger partial charge on any atom is -0.507 e. The van der Waals surface area contributed by atoms with E-state index >= 15 is 0 Å². The minimum absolute atomic E-state index is 0.296. The summed E-state index contributed by atoms with van der Waals surface area (Å²) >= 11 is 0. The van der Waals surface area contributed by atoms with Gasteiger partial charge in [-0.1, -0.05) is 31.2 Å². The molecule has 0 spiro atoms. The van der Waals surface area contributed by atoms with Gasteiger partial charge in [-0.05, 0) is 36.2 Å². The lowest BCUT2D eigenvalue weighted by molar-refractivity contribution is -0.131. The van der Waals surface area contributed by atoms with Crippen LogP contribution in [0.15, 0.2) is 54.6 Å². The summed E-state index contributed by atoms with van der Waals surface area (Å²) in [6.45, 7) is 2.03. The van der Waals surface area contributed by atoms with Crippen molar-refractivity contribution < 1.29 is 19.4 Å². The van der Waals surface area contributed by atoms with Gasteiger partial charge >= 0.3 is 0 Å². The van der Waals surface area contributed by atoms with Gasteiger partial charge in [-0.3, -0.25) is 9.59 Å². The van der Waals surface area contributed by atoms with Crippen LogP contribution in [0.3, 0.4) is 0 Å². The molecular formula is C19H19NO4. The summed E-state index contributed by atoms with van der Waals surface area (Å²) in [5.74, 6) is -1.40. The molecule has 0 heterocycles. The molecule has 0 radical (unpaired) electrons. The number of methoxy groups -OCH3 is 1. The van der Waals surface area contributed by atoms with E-state index in [4.69, 9.17) is 4.74 Å². The summed E-state index contributed by atoms with van der Waals surface area (Å²) in [6.07, 6.45) is 1.79. The Labute approximate surface area is 140 Å². The smallest absolute Gasteiger partial charge is 0.296 e. The first-order valence-corrected chi connectivity index (χ1v) is 7.52. The maximum Gasteiger partial charge on any atom is 0.296 e. The Morgan fingerprint density at radius 1 is 1.17 bits per heavy atom. The van der Waals surface area contributed by atoms with Crippen LogP contribution in [0.25, 0.3) is 5.76 Å². The first-order chi connectivity index (χ1) is 11.5. The van der Waals surface area contributed by atoms with E-state index in [-0.39, 0.29) is 5.76 Å². The molecule has 5 nitrogen and oxygen atoms in total. The van der Waals surface area contributed by atoms with E-state index in [9.17, 15) is 14.7 Å². The topological polar surface area (TPSA) is 75.6 Å². The highest BCUT2D eigenvalue weighted by molar-refractivity contribution is 6.45. The number of carbonyl (C=O) groups is 2. The van der Waals surface area contributed by atoms with Crippen molar-refractivity contribution >= 4 is 23.1 Å². The Hall–Kier alpha value is -3.08. The quantitative estimate of drug-likeness (QED) is 0.485. The molecule has 24 heavy (non-hydrogen) atoms. The van der Waals surface area contributed by atoms with Crippen LogP contribution in [-0.4, -0.2) is 23.9 Å². The molecule has 5 heteroatoms. The van der Waals surface area contributed by atoms with Gasteiger partial charge in [-0.15, -0.1) is 0 Å². The number of nitrogens with one attached hydrogen (secondary N) is 1. The average molecular weight is 325 g/mol. The van der Waals surface area contributed by atoms with E-state index < -0.39 is 11.7 Å². The van der Waals surface area contributed by atoms with Crippen molar-refractivity contribution in [2.45, 2.75) is 13.3 Å². The lowest BCUT2D eigenvalue weighted by Crippen LogP contribution is -2.21. The van der Waals surface area contributed by atoms with Gasteiger partial charge in [0.15, 0.2) is 0 Å². The maximum atomic E-state index is 11.9. The predicted octanol–water partition coefficient (Wildman–Crippen LogP) is 3.36. The highest BCUT2D eigenvalue weighted by atomic mass is 16.5. The van der Waals surface area contributed by atoms with E-state index in [0.29, 0.717) is 17.0 Å². The van der Waals surface area contributed by atoms with Gasteiger partial charge in [-0.2, -0.15) is 0 Å². The Morgan fingerprint density at radius 2 is 1.88 bits per heavy atom. The fourth-order valence-corrected chi connectivity index (χ4v) is 2.07. The molecular weight excluding hydrogens is 306 g/mol. The predicted molar refractivity (Wildman–Crippen MR) is 93.1 cm³/mol. The zero-order chi connectivity index (χ0) is 17.5. The number of rotatable bonds is 6. The van der Waals surface area contributed by atoms with Crippen molar-refractivity contribution in [2.75, 3.05) is 12.4 Å². The molecule has 2 aromatic carbocycles. The maximum absolute atomic E-state index is 11.9. The van der Waals surface area contributed by atoms with Crippen LogP contribution in [0.4, 0.5) is 5.69 Å². The number of aryl methyl sites for hydroxylation is 1. The fourth-order valence-electron chi connectivity index (χ4n) is 2.07. The molecule has 0 aliphatic carbocycles. The van der Waals surface area contributed by atoms with Gasteiger partial charge < -0.3 is 15.2 Å². The number of benzene rings is 2. The number of carbonyl (C=O) groups excluding carboxylic acids is 2. The Balaban J connectivity index is 2.07. The number of ketones is 1. The van der Waals surface area contributed by atoms with E-state index in [0.717, 1.165) is 18.1 Å². The zero-order valence-electron chi connectivity index (χ0n) is 13.6. The first-order valence-electron chi connectivity index (χ1n) is 7.52. The summed E-state index contributed by atoms with van der Waals surface area (Å²) in [5, 5.41) is 12.5. The molecule has 2 rings (SSSR count). The lowest BCUT2D eigenvalue weighted by Gasteiger charge is -2.05. The third kappa shape index (κ3) is 4.46. The van der Waals surface area contributed by atoms with Crippen molar-refractivity contribution in [1.82, 2.24) is 0 Å². The van der Waals surface area contributed by atoms with Crippen LogP contribution in [0.5, 0.6) is 5.75 Å². The largest absolute Gasteiger partial charge is 0.507 e. The van der Waals surface area contributed by atoms with Crippen molar-refractivity contribution in [3.63, 3.8) is 0 Å². The Kier molecular flexibility index (Phi) is 5.73. The zero-order valence-corrected chi connectivity index (χ0v) is 13.6. The third-order valence-electron chi connectivity index (χ3n) is 3.48. The van der Waals surface area contributed by atoms with E-state index in [1.165, 1.54) is 7.11 Å². The summed E-state index contributed by atoms with van der Waals surface area (Å²) < 4.78 is 5.05. The molecule has 124 valence electrons. The van der Waals surface area contributed by atoms with Crippen molar-refractivity contribution in [3.8, 4) is 5.75 Å². The second-order valence-corrected chi connectivity index (χ2v) is 5.13. The van der Waals surface area contributed by atoms with Crippen LogP contribution in [-0.2, 0) is 16.0 Å². The van der Waals surface area contributed by atoms with Crippen molar-refractivity contribution in [1.29, 1.82) is 0 Å². The number of amides is 1. The van der Waals surface area contributed by atoms with Gasteiger partial charge in [0.1, 0.15) is 11.5 Å². The van der Waals surface area contributed by atoms with Crippen LogP contribution in [0, 0.1) is 0 Å². The molecule has 1 amide bonds. The highest BCUT2D eigenvalue weighted by Crippen LogP contribution is 2.18. The third-order valence-corrected chi connectivity index (χ3v) is 3.48.